The van der Waals surface area contributed by atoms with E-state index in [4.69, 9.17) is 21.1 Å². The highest BCUT2D eigenvalue weighted by Crippen LogP contribution is 2.37. The summed E-state index contributed by atoms with van der Waals surface area (Å²) in [7, 11) is 1.71. The maximum atomic E-state index is 6.17. The van der Waals surface area contributed by atoms with E-state index in [0.717, 1.165) is 53.8 Å². The lowest BCUT2D eigenvalue weighted by molar-refractivity contribution is 0.122. The van der Waals surface area contributed by atoms with Crippen LogP contribution in [0.1, 0.15) is 5.56 Å². The number of ether oxygens (including phenoxy) is 2. The van der Waals surface area contributed by atoms with Crippen LogP contribution in [0.25, 0.3) is 11.1 Å². The lowest BCUT2D eigenvalue weighted by Crippen LogP contribution is -2.36. The van der Waals surface area contributed by atoms with Gasteiger partial charge < -0.3 is 14.4 Å². The molecule has 3 rings (SSSR count). The molecule has 0 radical (unpaired) electrons. The van der Waals surface area contributed by atoms with Crippen molar-refractivity contribution < 1.29 is 9.47 Å². The molecule has 0 saturated carbocycles. The smallest absolute Gasteiger partial charge is 0.122 e. The van der Waals surface area contributed by atoms with Gasteiger partial charge in [0.15, 0.2) is 0 Å². The maximum absolute atomic E-state index is 6.17. The average molecular weight is 318 g/mol. The van der Waals surface area contributed by atoms with Crippen LogP contribution in [0.4, 0.5) is 5.69 Å². The van der Waals surface area contributed by atoms with Crippen LogP contribution in [0.5, 0.6) is 5.75 Å². The van der Waals surface area contributed by atoms with E-state index in [-0.39, 0.29) is 0 Å². The first-order valence-electron chi connectivity index (χ1n) is 7.46. The van der Waals surface area contributed by atoms with Crippen molar-refractivity contribution in [2.75, 3.05) is 38.3 Å². The van der Waals surface area contributed by atoms with Crippen LogP contribution in [0.15, 0.2) is 36.4 Å². The van der Waals surface area contributed by atoms with E-state index in [2.05, 4.69) is 30.0 Å². The molecule has 4 heteroatoms. The van der Waals surface area contributed by atoms with Gasteiger partial charge in [-0.3, -0.25) is 0 Å². The highest BCUT2D eigenvalue weighted by molar-refractivity contribution is 6.30. The second-order valence-electron chi connectivity index (χ2n) is 5.45. The number of morpholine rings is 1. The van der Waals surface area contributed by atoms with Crippen LogP contribution in [0, 0.1) is 6.92 Å². The summed E-state index contributed by atoms with van der Waals surface area (Å²) in [5.41, 5.74) is 4.60. The predicted molar refractivity (Wildman–Crippen MR) is 91.2 cm³/mol. The van der Waals surface area contributed by atoms with E-state index >= 15 is 0 Å². The third-order valence-electron chi connectivity index (χ3n) is 4.00. The fourth-order valence-corrected chi connectivity index (χ4v) is 3.04. The number of rotatable bonds is 3. The predicted octanol–water partition coefficient (Wildman–Crippen LogP) is 4.16. The molecule has 1 aliphatic heterocycles. The Morgan fingerprint density at radius 3 is 2.59 bits per heavy atom. The number of anilines is 1. The van der Waals surface area contributed by atoms with Crippen molar-refractivity contribution in [2.45, 2.75) is 6.92 Å². The first-order valence-corrected chi connectivity index (χ1v) is 7.84. The van der Waals surface area contributed by atoms with Crippen LogP contribution < -0.4 is 9.64 Å². The molecule has 0 unspecified atom stereocenters. The summed E-state index contributed by atoms with van der Waals surface area (Å²) in [4.78, 5) is 2.37. The summed E-state index contributed by atoms with van der Waals surface area (Å²) in [5.74, 6) is 0.895. The molecule has 1 heterocycles. The van der Waals surface area contributed by atoms with Gasteiger partial charge in [-0.25, -0.2) is 0 Å². The normalized spacial score (nSPS) is 15.0. The molecule has 0 amide bonds. The minimum absolute atomic E-state index is 0.741. The zero-order chi connectivity index (χ0) is 15.5. The van der Waals surface area contributed by atoms with Gasteiger partial charge in [0.05, 0.1) is 20.3 Å². The monoisotopic (exact) mass is 317 g/mol. The van der Waals surface area contributed by atoms with E-state index in [1.165, 1.54) is 5.69 Å². The summed E-state index contributed by atoms with van der Waals surface area (Å²) in [6.45, 7) is 5.41. The van der Waals surface area contributed by atoms with Crippen molar-refractivity contribution in [2.24, 2.45) is 0 Å². The zero-order valence-corrected chi connectivity index (χ0v) is 13.7. The first-order chi connectivity index (χ1) is 10.7. The fraction of sp³-hybridized carbons (Fsp3) is 0.333. The van der Waals surface area contributed by atoms with Crippen molar-refractivity contribution >= 4 is 17.3 Å². The molecule has 22 heavy (non-hydrogen) atoms. The summed E-state index contributed by atoms with van der Waals surface area (Å²) in [6, 6.07) is 12.2. The van der Waals surface area contributed by atoms with Crippen LogP contribution in [0.3, 0.4) is 0 Å². The molecule has 2 aromatic rings. The van der Waals surface area contributed by atoms with E-state index in [0.29, 0.717) is 0 Å². The summed E-state index contributed by atoms with van der Waals surface area (Å²) in [5, 5.41) is 0.741. The molecule has 0 bridgehead atoms. The minimum Gasteiger partial charge on any atom is -0.496 e. The molecule has 1 fully saturated rings. The van der Waals surface area contributed by atoms with Gasteiger partial charge in [-0.05, 0) is 42.3 Å². The highest BCUT2D eigenvalue weighted by atomic mass is 35.5. The Hall–Kier alpha value is -1.71. The molecule has 2 aromatic carbocycles. The van der Waals surface area contributed by atoms with Crippen LogP contribution in [-0.4, -0.2) is 33.4 Å². The van der Waals surface area contributed by atoms with Crippen LogP contribution in [0.2, 0.25) is 5.02 Å². The van der Waals surface area contributed by atoms with Gasteiger partial charge in [0, 0.05) is 29.4 Å². The van der Waals surface area contributed by atoms with Gasteiger partial charge in [0.1, 0.15) is 5.75 Å². The second kappa shape index (κ2) is 6.59. The number of halogens is 1. The van der Waals surface area contributed by atoms with E-state index < -0.39 is 0 Å². The topological polar surface area (TPSA) is 21.7 Å². The third kappa shape index (κ3) is 3.06. The van der Waals surface area contributed by atoms with E-state index in [1.807, 2.05) is 18.2 Å². The second-order valence-corrected chi connectivity index (χ2v) is 5.89. The average Bonchev–Trinajstić information content (AvgIpc) is 2.55. The molecule has 0 spiro atoms. The van der Waals surface area contributed by atoms with Crippen molar-refractivity contribution in [3.63, 3.8) is 0 Å². The van der Waals surface area contributed by atoms with Gasteiger partial charge in [-0.15, -0.1) is 0 Å². The van der Waals surface area contributed by atoms with Crippen molar-refractivity contribution in [1.82, 2.24) is 0 Å². The molecule has 116 valence electrons. The number of nitrogens with zero attached hydrogens (tertiary/aromatic N) is 1. The van der Waals surface area contributed by atoms with E-state index in [9.17, 15) is 0 Å². The Balaban J connectivity index is 2.12. The number of hydrogen-bond acceptors (Lipinski definition) is 3. The van der Waals surface area contributed by atoms with Gasteiger partial charge in [-0.2, -0.15) is 0 Å². The molecular formula is C18H20ClNO2. The number of benzene rings is 2. The van der Waals surface area contributed by atoms with Crippen molar-refractivity contribution in [1.29, 1.82) is 0 Å². The molecule has 1 saturated heterocycles. The lowest BCUT2D eigenvalue weighted by Gasteiger charge is -2.31. The standard InChI is InChI=1S/C18H20ClNO2/c1-13-10-17(20-6-8-22-9-7-20)16(12-18(13)21-2)14-4-3-5-15(19)11-14/h3-5,10-12H,6-9H2,1-2H3. The maximum Gasteiger partial charge on any atom is 0.122 e. The Morgan fingerprint density at radius 2 is 1.91 bits per heavy atom. The number of methoxy groups -OCH3 is 1. The van der Waals surface area contributed by atoms with Gasteiger partial charge in [0.25, 0.3) is 0 Å². The quantitative estimate of drug-likeness (QED) is 0.848. The van der Waals surface area contributed by atoms with Crippen molar-refractivity contribution in [3.8, 4) is 16.9 Å². The summed E-state index contributed by atoms with van der Waals surface area (Å²) in [6.07, 6.45) is 0. The summed E-state index contributed by atoms with van der Waals surface area (Å²) < 4.78 is 11.0. The number of hydrogen-bond donors (Lipinski definition) is 0. The molecule has 0 aliphatic carbocycles. The van der Waals surface area contributed by atoms with Crippen LogP contribution in [-0.2, 0) is 4.74 Å². The molecule has 0 atom stereocenters. The van der Waals surface area contributed by atoms with Gasteiger partial charge in [0.2, 0.25) is 0 Å². The third-order valence-corrected chi connectivity index (χ3v) is 4.24. The Bertz CT molecular complexity index is 666. The van der Waals surface area contributed by atoms with Crippen molar-refractivity contribution in [3.05, 3.63) is 47.0 Å². The van der Waals surface area contributed by atoms with Crippen LogP contribution >= 0.6 is 11.6 Å². The summed E-state index contributed by atoms with van der Waals surface area (Å²) >= 11 is 6.17. The molecule has 0 aromatic heterocycles. The Kier molecular flexibility index (Phi) is 4.55. The molecule has 1 aliphatic rings. The van der Waals surface area contributed by atoms with Gasteiger partial charge in [-0.1, -0.05) is 23.7 Å². The lowest BCUT2D eigenvalue weighted by atomic mass is 10.00. The Labute approximate surface area is 136 Å². The molecular weight excluding hydrogens is 298 g/mol. The van der Waals surface area contributed by atoms with Gasteiger partial charge >= 0.3 is 0 Å². The number of aryl methyl sites for hydroxylation is 1. The Morgan fingerprint density at radius 1 is 1.14 bits per heavy atom. The largest absolute Gasteiger partial charge is 0.496 e. The highest BCUT2D eigenvalue weighted by Gasteiger charge is 2.18. The first kappa shape index (κ1) is 15.2. The fourth-order valence-electron chi connectivity index (χ4n) is 2.85. The minimum atomic E-state index is 0.741. The molecule has 0 N–H and O–H groups in total. The SMILES string of the molecule is COc1cc(-c2cccc(Cl)c2)c(N2CCOCC2)cc1C. The zero-order valence-electron chi connectivity index (χ0n) is 12.9. The molecule has 3 nitrogen and oxygen atoms in total. The van der Waals surface area contributed by atoms with E-state index in [1.54, 1.807) is 7.11 Å².